The Labute approximate surface area is 147 Å². The molecular formula is C20H15BrOS. The summed E-state index contributed by atoms with van der Waals surface area (Å²) in [5.41, 5.74) is 4.45. The highest BCUT2D eigenvalue weighted by Crippen LogP contribution is 2.52. The van der Waals surface area contributed by atoms with Crippen molar-refractivity contribution in [3.63, 3.8) is 0 Å². The van der Waals surface area contributed by atoms with Crippen molar-refractivity contribution in [1.29, 1.82) is 0 Å². The molecule has 0 N–H and O–H groups in total. The molecule has 0 amide bonds. The summed E-state index contributed by atoms with van der Waals surface area (Å²) in [6.45, 7) is 3.83. The predicted molar refractivity (Wildman–Crippen MR) is 101 cm³/mol. The van der Waals surface area contributed by atoms with Gasteiger partial charge in [-0.15, -0.1) is 11.3 Å². The van der Waals surface area contributed by atoms with Gasteiger partial charge >= 0.3 is 0 Å². The van der Waals surface area contributed by atoms with E-state index in [2.05, 4.69) is 53.2 Å². The topological polar surface area (TPSA) is 17.1 Å². The number of carbonyl (C=O) groups excluding carboxylic acids is 1. The summed E-state index contributed by atoms with van der Waals surface area (Å²) in [4.78, 5) is 13.6. The molecule has 1 heterocycles. The molecule has 1 atom stereocenters. The van der Waals surface area contributed by atoms with E-state index in [1.807, 2.05) is 18.2 Å². The molecule has 0 fully saturated rings. The van der Waals surface area contributed by atoms with E-state index < -0.39 is 0 Å². The second-order valence-electron chi connectivity index (χ2n) is 5.89. The molecule has 0 spiro atoms. The van der Waals surface area contributed by atoms with Crippen molar-refractivity contribution in [1.82, 2.24) is 0 Å². The average molecular weight is 383 g/mol. The molecule has 1 nitrogen and oxygen atoms in total. The minimum Gasteiger partial charge on any atom is -0.295 e. The molecule has 0 saturated heterocycles. The zero-order chi connectivity index (χ0) is 16.1. The number of hydrogen-bond acceptors (Lipinski definition) is 2. The van der Waals surface area contributed by atoms with E-state index in [9.17, 15) is 4.79 Å². The Bertz CT molecular complexity index is 980. The van der Waals surface area contributed by atoms with Crippen molar-refractivity contribution in [2.24, 2.45) is 0 Å². The van der Waals surface area contributed by atoms with Crippen molar-refractivity contribution < 1.29 is 4.79 Å². The van der Waals surface area contributed by atoms with Gasteiger partial charge in [-0.3, -0.25) is 4.79 Å². The van der Waals surface area contributed by atoms with Crippen LogP contribution in [0.5, 0.6) is 0 Å². The van der Waals surface area contributed by atoms with Gasteiger partial charge in [-0.05, 0) is 35.6 Å². The number of rotatable bonds is 2. The zero-order valence-corrected chi connectivity index (χ0v) is 15.3. The number of ketones is 1. The first-order valence-electron chi connectivity index (χ1n) is 7.61. The molecule has 0 bridgehead atoms. The van der Waals surface area contributed by atoms with E-state index in [1.54, 1.807) is 18.3 Å². The third kappa shape index (κ3) is 2.14. The van der Waals surface area contributed by atoms with Crippen LogP contribution in [-0.2, 0) is 4.79 Å². The Morgan fingerprint density at radius 2 is 1.78 bits per heavy atom. The fourth-order valence-electron chi connectivity index (χ4n) is 3.58. The molecule has 2 aromatic carbocycles. The minimum absolute atomic E-state index is 0.140. The second kappa shape index (κ2) is 5.43. The number of hydrogen-bond donors (Lipinski definition) is 0. The molecular weight excluding hydrogens is 368 g/mol. The van der Waals surface area contributed by atoms with E-state index in [0.29, 0.717) is 0 Å². The van der Waals surface area contributed by atoms with E-state index in [0.717, 1.165) is 21.2 Å². The van der Waals surface area contributed by atoms with Gasteiger partial charge in [0.15, 0.2) is 5.78 Å². The first kappa shape index (κ1) is 14.9. The number of benzene rings is 2. The van der Waals surface area contributed by atoms with Crippen LogP contribution in [0.3, 0.4) is 0 Å². The van der Waals surface area contributed by atoms with Gasteiger partial charge < -0.3 is 0 Å². The van der Waals surface area contributed by atoms with Crippen LogP contribution >= 0.6 is 27.3 Å². The van der Waals surface area contributed by atoms with Gasteiger partial charge in [0.2, 0.25) is 0 Å². The maximum Gasteiger partial charge on any atom is 0.157 e. The number of Topliss-reactive ketones (excluding diaryl/α,β-unsaturated/α-hetero) is 1. The van der Waals surface area contributed by atoms with E-state index in [1.165, 1.54) is 20.5 Å². The highest BCUT2D eigenvalue weighted by atomic mass is 79.9. The van der Waals surface area contributed by atoms with Crippen molar-refractivity contribution in [2.45, 2.75) is 19.8 Å². The molecule has 0 radical (unpaired) electrons. The molecule has 1 aromatic heterocycles. The molecule has 23 heavy (non-hydrogen) atoms. The van der Waals surface area contributed by atoms with Crippen molar-refractivity contribution in [3.8, 4) is 0 Å². The Kier molecular flexibility index (Phi) is 3.51. The lowest BCUT2D eigenvalue weighted by molar-refractivity contribution is -0.113. The molecule has 0 aliphatic heterocycles. The normalized spacial score (nSPS) is 16.9. The summed E-state index contributed by atoms with van der Waals surface area (Å²) in [6, 6.07) is 16.6. The quantitative estimate of drug-likeness (QED) is 0.517. The average Bonchev–Trinajstić information content (AvgIpc) is 3.03. The zero-order valence-electron chi connectivity index (χ0n) is 12.9. The van der Waals surface area contributed by atoms with Crippen LogP contribution in [0.2, 0.25) is 0 Å². The number of thiophene rings is 1. The Morgan fingerprint density at radius 3 is 2.52 bits per heavy atom. The molecule has 1 aliphatic carbocycles. The lowest BCUT2D eigenvalue weighted by atomic mass is 9.93. The maximum atomic E-state index is 12.4. The predicted octanol–water partition coefficient (Wildman–Crippen LogP) is 6.17. The monoisotopic (exact) mass is 382 g/mol. The van der Waals surface area contributed by atoms with Gasteiger partial charge in [-0.25, -0.2) is 0 Å². The van der Waals surface area contributed by atoms with Gasteiger partial charge in [0.25, 0.3) is 0 Å². The van der Waals surface area contributed by atoms with Crippen molar-refractivity contribution in [3.05, 3.63) is 74.6 Å². The summed E-state index contributed by atoms with van der Waals surface area (Å²) < 4.78 is 2.32. The van der Waals surface area contributed by atoms with Gasteiger partial charge in [-0.2, -0.15) is 0 Å². The summed E-state index contributed by atoms with van der Waals surface area (Å²) in [7, 11) is 0. The Hall–Kier alpha value is -1.71. The Morgan fingerprint density at radius 1 is 1.09 bits per heavy atom. The Balaban J connectivity index is 2.09. The SMILES string of the molecule is CC(=O)C1=C(c2ccccc2Br)c2sc3ccccc3c2C1C. The summed E-state index contributed by atoms with van der Waals surface area (Å²) in [5.74, 6) is 0.302. The lowest BCUT2D eigenvalue weighted by Gasteiger charge is -2.11. The third-order valence-electron chi connectivity index (χ3n) is 4.52. The molecule has 3 heteroatoms. The maximum absolute atomic E-state index is 12.4. The molecule has 1 aliphatic rings. The van der Waals surface area contributed by atoms with Crippen LogP contribution in [-0.4, -0.2) is 5.78 Å². The highest BCUT2D eigenvalue weighted by Gasteiger charge is 2.35. The van der Waals surface area contributed by atoms with E-state index >= 15 is 0 Å². The first-order valence-corrected chi connectivity index (χ1v) is 9.22. The van der Waals surface area contributed by atoms with Crippen LogP contribution in [0.25, 0.3) is 15.7 Å². The largest absolute Gasteiger partial charge is 0.295 e. The van der Waals surface area contributed by atoms with Gasteiger partial charge in [-0.1, -0.05) is 59.3 Å². The van der Waals surface area contributed by atoms with Crippen LogP contribution in [0, 0.1) is 0 Å². The number of carbonyl (C=O) groups is 1. The molecule has 4 rings (SSSR count). The minimum atomic E-state index is 0.140. The van der Waals surface area contributed by atoms with Crippen LogP contribution in [0.15, 0.2) is 58.6 Å². The fourth-order valence-corrected chi connectivity index (χ4v) is 5.43. The summed E-state index contributed by atoms with van der Waals surface area (Å²) >= 11 is 5.45. The van der Waals surface area contributed by atoms with Gasteiger partial charge in [0.05, 0.1) is 0 Å². The number of fused-ring (bicyclic) bond motifs is 3. The van der Waals surface area contributed by atoms with Gasteiger partial charge in [0.1, 0.15) is 0 Å². The van der Waals surface area contributed by atoms with Crippen molar-refractivity contribution in [2.75, 3.05) is 0 Å². The number of allylic oxidation sites excluding steroid dienone is 1. The first-order chi connectivity index (χ1) is 11.1. The second-order valence-corrected chi connectivity index (χ2v) is 7.79. The standard InChI is InChI=1S/C20H15BrOS/c1-11-17(12(2)22)19(13-7-3-5-9-15(13)21)20-18(11)14-8-4-6-10-16(14)23-20/h3-11H,1-2H3. The smallest absolute Gasteiger partial charge is 0.157 e. The van der Waals surface area contributed by atoms with Crippen LogP contribution in [0.4, 0.5) is 0 Å². The van der Waals surface area contributed by atoms with E-state index in [-0.39, 0.29) is 11.7 Å². The number of halogens is 1. The highest BCUT2D eigenvalue weighted by molar-refractivity contribution is 9.10. The molecule has 3 aromatic rings. The molecule has 1 unspecified atom stereocenters. The molecule has 114 valence electrons. The van der Waals surface area contributed by atoms with E-state index in [4.69, 9.17) is 0 Å². The molecule has 0 saturated carbocycles. The summed E-state index contributed by atoms with van der Waals surface area (Å²) in [6.07, 6.45) is 0. The van der Waals surface area contributed by atoms with Gasteiger partial charge in [0, 0.05) is 31.1 Å². The fraction of sp³-hybridized carbons (Fsp3) is 0.150. The van der Waals surface area contributed by atoms with Crippen molar-refractivity contribution >= 4 is 48.7 Å². The lowest BCUT2D eigenvalue weighted by Crippen LogP contribution is -2.03. The van der Waals surface area contributed by atoms with Crippen LogP contribution < -0.4 is 0 Å². The van der Waals surface area contributed by atoms with Crippen LogP contribution in [0.1, 0.15) is 35.8 Å². The summed E-state index contributed by atoms with van der Waals surface area (Å²) in [5, 5.41) is 1.28. The third-order valence-corrected chi connectivity index (χ3v) is 6.41.